The van der Waals surface area contributed by atoms with Crippen molar-refractivity contribution in [2.45, 2.75) is 25.5 Å². The molecule has 0 aromatic heterocycles. The van der Waals surface area contributed by atoms with E-state index in [4.69, 9.17) is 4.74 Å². The SMILES string of the molecule is CC(C1Cc2ccccc2O1)N(C)C. The van der Waals surface area contributed by atoms with Crippen LogP contribution in [-0.4, -0.2) is 31.1 Å². The molecule has 0 saturated carbocycles. The highest BCUT2D eigenvalue weighted by Gasteiger charge is 2.28. The number of hydrogen-bond acceptors (Lipinski definition) is 2. The summed E-state index contributed by atoms with van der Waals surface area (Å²) >= 11 is 0. The standard InChI is InChI=1S/C12H17NO/c1-9(13(2)3)12-8-10-6-4-5-7-11(10)14-12/h4-7,9,12H,8H2,1-3H3. The maximum Gasteiger partial charge on any atom is 0.123 e. The Kier molecular flexibility index (Phi) is 2.46. The number of rotatable bonds is 2. The van der Waals surface area contributed by atoms with Crippen molar-refractivity contribution in [1.82, 2.24) is 4.90 Å². The lowest BCUT2D eigenvalue weighted by Crippen LogP contribution is -2.39. The predicted molar refractivity (Wildman–Crippen MR) is 57.7 cm³/mol. The Hall–Kier alpha value is -1.02. The van der Waals surface area contributed by atoms with Crippen molar-refractivity contribution < 1.29 is 4.74 Å². The van der Waals surface area contributed by atoms with Crippen LogP contribution in [-0.2, 0) is 6.42 Å². The first-order valence-corrected chi connectivity index (χ1v) is 5.09. The van der Waals surface area contributed by atoms with Gasteiger partial charge in [-0.25, -0.2) is 0 Å². The molecule has 0 aliphatic carbocycles. The molecule has 1 aliphatic rings. The molecule has 14 heavy (non-hydrogen) atoms. The number of hydrogen-bond donors (Lipinski definition) is 0. The van der Waals surface area contributed by atoms with E-state index in [0.29, 0.717) is 12.1 Å². The first-order valence-electron chi connectivity index (χ1n) is 5.09. The zero-order chi connectivity index (χ0) is 10.1. The molecular formula is C12H17NO. The van der Waals surface area contributed by atoms with Crippen LogP contribution in [0.5, 0.6) is 5.75 Å². The van der Waals surface area contributed by atoms with Crippen molar-refractivity contribution in [3.63, 3.8) is 0 Å². The van der Waals surface area contributed by atoms with Crippen molar-refractivity contribution in [3.05, 3.63) is 29.8 Å². The molecule has 2 rings (SSSR count). The van der Waals surface area contributed by atoms with Crippen molar-refractivity contribution in [1.29, 1.82) is 0 Å². The second-order valence-corrected chi connectivity index (χ2v) is 4.17. The van der Waals surface area contributed by atoms with Gasteiger partial charge in [0.05, 0.1) is 0 Å². The van der Waals surface area contributed by atoms with Gasteiger partial charge in [-0.1, -0.05) is 18.2 Å². The molecule has 1 aromatic rings. The van der Waals surface area contributed by atoms with Crippen LogP contribution in [0, 0.1) is 0 Å². The van der Waals surface area contributed by atoms with Crippen LogP contribution in [0.1, 0.15) is 12.5 Å². The summed E-state index contributed by atoms with van der Waals surface area (Å²) in [4.78, 5) is 2.20. The molecule has 0 saturated heterocycles. The molecule has 2 nitrogen and oxygen atoms in total. The maximum absolute atomic E-state index is 5.89. The largest absolute Gasteiger partial charge is 0.488 e. The van der Waals surface area contributed by atoms with E-state index >= 15 is 0 Å². The summed E-state index contributed by atoms with van der Waals surface area (Å²) in [5, 5.41) is 0. The highest BCUT2D eigenvalue weighted by Crippen LogP contribution is 2.30. The second kappa shape index (κ2) is 3.62. The lowest BCUT2D eigenvalue weighted by Gasteiger charge is -2.25. The van der Waals surface area contributed by atoms with Crippen LogP contribution in [0.2, 0.25) is 0 Å². The van der Waals surface area contributed by atoms with Gasteiger partial charge in [-0.15, -0.1) is 0 Å². The molecular weight excluding hydrogens is 174 g/mol. The molecule has 2 atom stereocenters. The van der Waals surface area contributed by atoms with E-state index in [1.165, 1.54) is 5.56 Å². The van der Waals surface area contributed by atoms with E-state index in [1.807, 2.05) is 6.07 Å². The van der Waals surface area contributed by atoms with E-state index in [1.54, 1.807) is 0 Å². The van der Waals surface area contributed by atoms with Crippen molar-refractivity contribution in [2.24, 2.45) is 0 Å². The molecule has 76 valence electrons. The van der Waals surface area contributed by atoms with Crippen molar-refractivity contribution >= 4 is 0 Å². The molecule has 0 fully saturated rings. The minimum Gasteiger partial charge on any atom is -0.488 e. The lowest BCUT2D eigenvalue weighted by atomic mass is 10.1. The topological polar surface area (TPSA) is 12.5 Å². The number of fused-ring (bicyclic) bond motifs is 1. The Morgan fingerprint density at radius 3 is 2.71 bits per heavy atom. The first-order chi connectivity index (χ1) is 6.68. The molecule has 0 radical (unpaired) electrons. The number of ether oxygens (including phenoxy) is 1. The summed E-state index contributed by atoms with van der Waals surface area (Å²) in [5.74, 6) is 1.06. The average molecular weight is 191 g/mol. The molecule has 0 spiro atoms. The van der Waals surface area contributed by atoms with Gasteiger partial charge in [0, 0.05) is 12.5 Å². The third-order valence-electron chi connectivity index (χ3n) is 3.02. The predicted octanol–water partition coefficient (Wildman–Crippen LogP) is 1.94. The van der Waals surface area contributed by atoms with Gasteiger partial charge in [-0.2, -0.15) is 0 Å². The molecule has 1 aromatic carbocycles. The molecule has 2 unspecified atom stereocenters. The normalized spacial score (nSPS) is 21.9. The fourth-order valence-electron chi connectivity index (χ4n) is 1.81. The lowest BCUT2D eigenvalue weighted by molar-refractivity contribution is 0.126. The Bertz CT molecular complexity index is 297. The van der Waals surface area contributed by atoms with E-state index < -0.39 is 0 Å². The Labute approximate surface area is 85.5 Å². The van der Waals surface area contributed by atoms with E-state index in [2.05, 4.69) is 44.1 Å². The highest BCUT2D eigenvalue weighted by molar-refractivity contribution is 5.37. The summed E-state index contributed by atoms with van der Waals surface area (Å²) in [6.07, 6.45) is 1.34. The fraction of sp³-hybridized carbons (Fsp3) is 0.500. The number of nitrogens with zero attached hydrogens (tertiary/aromatic N) is 1. The van der Waals surface area contributed by atoms with E-state index in [0.717, 1.165) is 12.2 Å². The van der Waals surface area contributed by atoms with Crippen LogP contribution in [0.15, 0.2) is 24.3 Å². The van der Waals surface area contributed by atoms with Gasteiger partial charge in [-0.3, -0.25) is 0 Å². The smallest absolute Gasteiger partial charge is 0.123 e. The Morgan fingerprint density at radius 1 is 1.36 bits per heavy atom. The van der Waals surface area contributed by atoms with E-state index in [-0.39, 0.29) is 0 Å². The summed E-state index contributed by atoms with van der Waals surface area (Å²) in [6, 6.07) is 8.77. The van der Waals surface area contributed by atoms with Crippen LogP contribution in [0.3, 0.4) is 0 Å². The average Bonchev–Trinajstić information content (AvgIpc) is 2.59. The summed E-state index contributed by atoms with van der Waals surface area (Å²) in [7, 11) is 4.19. The van der Waals surface area contributed by atoms with E-state index in [9.17, 15) is 0 Å². The fourth-order valence-corrected chi connectivity index (χ4v) is 1.81. The third kappa shape index (κ3) is 1.62. The van der Waals surface area contributed by atoms with Gasteiger partial charge in [0.2, 0.25) is 0 Å². The van der Waals surface area contributed by atoms with Gasteiger partial charge in [0.1, 0.15) is 11.9 Å². The molecule has 2 heteroatoms. The maximum atomic E-state index is 5.89. The third-order valence-corrected chi connectivity index (χ3v) is 3.02. The van der Waals surface area contributed by atoms with Gasteiger partial charge in [0.15, 0.2) is 0 Å². The van der Waals surface area contributed by atoms with Gasteiger partial charge in [0.25, 0.3) is 0 Å². The quantitative estimate of drug-likeness (QED) is 0.708. The zero-order valence-corrected chi connectivity index (χ0v) is 9.03. The highest BCUT2D eigenvalue weighted by atomic mass is 16.5. The van der Waals surface area contributed by atoms with Gasteiger partial charge >= 0.3 is 0 Å². The number of para-hydroxylation sites is 1. The van der Waals surface area contributed by atoms with Crippen LogP contribution in [0.4, 0.5) is 0 Å². The molecule has 0 N–H and O–H groups in total. The minimum absolute atomic E-state index is 0.308. The minimum atomic E-state index is 0.308. The Balaban J connectivity index is 2.12. The summed E-state index contributed by atoms with van der Waals surface area (Å²) < 4.78 is 5.89. The Morgan fingerprint density at radius 2 is 2.07 bits per heavy atom. The van der Waals surface area contributed by atoms with Crippen molar-refractivity contribution in [3.8, 4) is 5.75 Å². The van der Waals surface area contributed by atoms with Gasteiger partial charge < -0.3 is 9.64 Å². The number of likely N-dealkylation sites (N-methyl/N-ethyl adjacent to an activating group) is 1. The molecule has 0 bridgehead atoms. The summed E-state index contributed by atoms with van der Waals surface area (Å²) in [6.45, 7) is 2.20. The zero-order valence-electron chi connectivity index (χ0n) is 9.03. The first kappa shape index (κ1) is 9.53. The molecule has 0 amide bonds. The molecule has 1 aliphatic heterocycles. The van der Waals surface area contributed by atoms with Crippen LogP contribution >= 0.6 is 0 Å². The van der Waals surface area contributed by atoms with Gasteiger partial charge in [-0.05, 0) is 32.6 Å². The van der Waals surface area contributed by atoms with Crippen LogP contribution in [0.25, 0.3) is 0 Å². The van der Waals surface area contributed by atoms with Crippen LogP contribution < -0.4 is 4.74 Å². The second-order valence-electron chi connectivity index (χ2n) is 4.17. The monoisotopic (exact) mass is 191 g/mol. The van der Waals surface area contributed by atoms with Crippen molar-refractivity contribution in [2.75, 3.05) is 14.1 Å². The number of benzene rings is 1. The summed E-state index contributed by atoms with van der Waals surface area (Å²) in [5.41, 5.74) is 1.34. The molecule has 1 heterocycles.